The third kappa shape index (κ3) is 2.90. The molecule has 1 aromatic rings. The van der Waals surface area contributed by atoms with Crippen LogP contribution in [0.15, 0.2) is 12.4 Å². The van der Waals surface area contributed by atoms with Gasteiger partial charge in [-0.15, -0.1) is 0 Å². The van der Waals surface area contributed by atoms with E-state index in [0.717, 1.165) is 6.42 Å². The molecule has 9 heteroatoms. The van der Waals surface area contributed by atoms with Gasteiger partial charge >= 0.3 is 0 Å². The number of fused-ring (bicyclic) bond motifs is 2. The second kappa shape index (κ2) is 6.66. The van der Waals surface area contributed by atoms with Crippen molar-refractivity contribution in [2.24, 2.45) is 16.7 Å². The summed E-state index contributed by atoms with van der Waals surface area (Å²) in [5.74, 6) is 0.864. The second-order valence-corrected chi connectivity index (χ2v) is 10.6. The van der Waals surface area contributed by atoms with Crippen molar-refractivity contribution >= 4 is 15.8 Å². The van der Waals surface area contributed by atoms with Crippen LogP contribution in [0, 0.1) is 16.7 Å². The Bertz CT molecular complexity index is 887. The standard InChI is InChI=1S/C19H27N3O5S/c1-18(2)13-4-6-19(18,15(23)10-13)12-28(24,25)22-9-5-14(11-22)27-17-16(26-3)20-7-8-21-17/h7-8,13-14H,4-6,9-12H2,1-3H3. The van der Waals surface area contributed by atoms with Crippen LogP contribution in [-0.2, 0) is 14.8 Å². The summed E-state index contributed by atoms with van der Waals surface area (Å²) in [6, 6.07) is 0. The Hall–Kier alpha value is -1.74. The van der Waals surface area contributed by atoms with Crippen molar-refractivity contribution < 1.29 is 22.7 Å². The zero-order valence-corrected chi connectivity index (χ0v) is 17.4. The molecular weight excluding hydrogens is 382 g/mol. The van der Waals surface area contributed by atoms with Crippen LogP contribution in [0.2, 0.25) is 0 Å². The smallest absolute Gasteiger partial charge is 0.278 e. The molecule has 28 heavy (non-hydrogen) atoms. The maximum absolute atomic E-state index is 13.2. The van der Waals surface area contributed by atoms with Gasteiger partial charge in [-0.3, -0.25) is 4.79 Å². The van der Waals surface area contributed by atoms with Crippen LogP contribution in [-0.4, -0.2) is 60.5 Å². The highest BCUT2D eigenvalue weighted by molar-refractivity contribution is 7.89. The molecule has 1 aliphatic heterocycles. The summed E-state index contributed by atoms with van der Waals surface area (Å²) in [6.07, 6.45) is 5.38. The largest absolute Gasteiger partial charge is 0.477 e. The molecule has 1 saturated heterocycles. The average Bonchev–Trinajstić information content (AvgIpc) is 3.26. The first kappa shape index (κ1) is 19.6. The van der Waals surface area contributed by atoms with Gasteiger partial charge in [-0.1, -0.05) is 13.8 Å². The summed E-state index contributed by atoms with van der Waals surface area (Å²) in [7, 11) is -2.08. The molecular formula is C19H27N3O5S. The first-order valence-electron chi connectivity index (χ1n) is 9.72. The maximum Gasteiger partial charge on any atom is 0.278 e. The van der Waals surface area contributed by atoms with Crippen LogP contribution in [0.4, 0.5) is 0 Å². The Balaban J connectivity index is 1.47. The lowest BCUT2D eigenvalue weighted by atomic mass is 9.70. The van der Waals surface area contributed by atoms with Gasteiger partial charge in [-0.2, -0.15) is 4.31 Å². The van der Waals surface area contributed by atoms with E-state index in [1.54, 1.807) is 0 Å². The number of hydrogen-bond donors (Lipinski definition) is 0. The summed E-state index contributed by atoms with van der Waals surface area (Å²) in [6.45, 7) is 4.74. The molecule has 0 radical (unpaired) electrons. The number of Topliss-reactive ketones (excluding diaryl/α,β-unsaturated/α-hetero) is 1. The lowest BCUT2D eigenvalue weighted by molar-refractivity contribution is -0.128. The molecule has 2 bridgehead atoms. The molecule has 0 aromatic carbocycles. The molecule has 0 spiro atoms. The van der Waals surface area contributed by atoms with Gasteiger partial charge in [0.15, 0.2) is 0 Å². The number of sulfonamides is 1. The molecule has 2 aliphatic carbocycles. The van der Waals surface area contributed by atoms with E-state index in [2.05, 4.69) is 23.8 Å². The molecule has 154 valence electrons. The summed E-state index contributed by atoms with van der Waals surface area (Å²) >= 11 is 0. The fraction of sp³-hybridized carbons (Fsp3) is 0.737. The minimum Gasteiger partial charge on any atom is -0.477 e. The fourth-order valence-corrected chi connectivity index (χ4v) is 7.51. The third-order valence-corrected chi connectivity index (χ3v) is 9.15. The summed E-state index contributed by atoms with van der Waals surface area (Å²) in [5, 5.41) is 0. The van der Waals surface area contributed by atoms with Gasteiger partial charge in [-0.25, -0.2) is 18.4 Å². The molecule has 4 rings (SSSR count). The van der Waals surface area contributed by atoms with Gasteiger partial charge in [0.1, 0.15) is 11.9 Å². The Kier molecular flexibility index (Phi) is 4.65. The molecule has 0 amide bonds. The Morgan fingerprint density at radius 2 is 1.93 bits per heavy atom. The first-order chi connectivity index (χ1) is 13.2. The van der Waals surface area contributed by atoms with Crippen molar-refractivity contribution in [2.45, 2.75) is 45.6 Å². The number of rotatable bonds is 6. The lowest BCUT2D eigenvalue weighted by Crippen LogP contribution is -2.46. The highest BCUT2D eigenvalue weighted by Gasteiger charge is 2.65. The molecule has 3 fully saturated rings. The van der Waals surface area contributed by atoms with Crippen molar-refractivity contribution in [3.63, 3.8) is 0 Å². The van der Waals surface area contributed by atoms with Crippen molar-refractivity contribution in [3.8, 4) is 11.8 Å². The number of aromatic nitrogens is 2. The van der Waals surface area contributed by atoms with Crippen molar-refractivity contribution in [1.82, 2.24) is 14.3 Å². The molecule has 1 aromatic heterocycles. The molecule has 3 unspecified atom stereocenters. The number of ketones is 1. The average molecular weight is 410 g/mol. The molecule has 2 saturated carbocycles. The van der Waals surface area contributed by atoms with Crippen molar-refractivity contribution in [1.29, 1.82) is 0 Å². The van der Waals surface area contributed by atoms with Crippen molar-refractivity contribution in [3.05, 3.63) is 12.4 Å². The van der Waals surface area contributed by atoms with E-state index in [4.69, 9.17) is 9.47 Å². The highest BCUT2D eigenvalue weighted by atomic mass is 32.2. The molecule has 3 aliphatic rings. The van der Waals surface area contributed by atoms with E-state index in [-0.39, 0.29) is 41.4 Å². The van der Waals surface area contributed by atoms with Gasteiger partial charge in [0.25, 0.3) is 11.8 Å². The highest BCUT2D eigenvalue weighted by Crippen LogP contribution is 2.64. The van der Waals surface area contributed by atoms with E-state index >= 15 is 0 Å². The Morgan fingerprint density at radius 1 is 1.21 bits per heavy atom. The zero-order chi connectivity index (χ0) is 20.2. The predicted octanol–water partition coefficient (Wildman–Crippen LogP) is 1.66. The maximum atomic E-state index is 13.2. The van der Waals surface area contributed by atoms with Crippen LogP contribution >= 0.6 is 0 Å². The quantitative estimate of drug-likeness (QED) is 0.705. The number of methoxy groups -OCH3 is 1. The normalized spacial score (nSPS) is 32.0. The van der Waals surface area contributed by atoms with Crippen LogP contribution in [0.3, 0.4) is 0 Å². The van der Waals surface area contributed by atoms with E-state index in [9.17, 15) is 13.2 Å². The SMILES string of the molecule is COc1nccnc1OC1CCN(S(=O)(=O)CC23CCC(CC2=O)C3(C)C)C1. The summed E-state index contributed by atoms with van der Waals surface area (Å²) in [5.41, 5.74) is -1.01. The number of hydrogen-bond acceptors (Lipinski definition) is 7. The number of nitrogens with zero attached hydrogens (tertiary/aromatic N) is 3. The number of carbonyl (C=O) groups is 1. The molecule has 0 N–H and O–H groups in total. The molecule has 2 heterocycles. The lowest BCUT2D eigenvalue weighted by Gasteiger charge is -2.37. The predicted molar refractivity (Wildman–Crippen MR) is 102 cm³/mol. The molecule has 8 nitrogen and oxygen atoms in total. The Labute approximate surface area is 165 Å². The monoisotopic (exact) mass is 409 g/mol. The fourth-order valence-electron chi connectivity index (χ4n) is 5.25. The number of carbonyl (C=O) groups excluding carboxylic acids is 1. The van der Waals surface area contributed by atoms with Crippen LogP contribution in [0.25, 0.3) is 0 Å². The van der Waals surface area contributed by atoms with Crippen LogP contribution in [0.1, 0.15) is 39.5 Å². The van der Waals surface area contributed by atoms with Gasteiger partial charge in [-0.05, 0) is 30.6 Å². The van der Waals surface area contributed by atoms with Crippen molar-refractivity contribution in [2.75, 3.05) is 26.0 Å². The topological polar surface area (TPSA) is 98.7 Å². The van der Waals surface area contributed by atoms with Crippen LogP contribution < -0.4 is 9.47 Å². The minimum absolute atomic E-state index is 0.0937. The van der Waals surface area contributed by atoms with Gasteiger partial charge < -0.3 is 9.47 Å². The van der Waals surface area contributed by atoms with E-state index in [1.165, 1.54) is 23.8 Å². The second-order valence-electron chi connectivity index (χ2n) is 8.68. The number of ether oxygens (including phenoxy) is 2. The minimum atomic E-state index is -3.57. The van der Waals surface area contributed by atoms with Gasteiger partial charge in [0.2, 0.25) is 10.0 Å². The van der Waals surface area contributed by atoms with E-state index in [0.29, 0.717) is 31.7 Å². The third-order valence-electron chi connectivity index (χ3n) is 7.17. The summed E-state index contributed by atoms with van der Waals surface area (Å²) in [4.78, 5) is 20.9. The Morgan fingerprint density at radius 3 is 2.54 bits per heavy atom. The molecule has 3 atom stereocenters. The zero-order valence-electron chi connectivity index (χ0n) is 16.6. The van der Waals surface area contributed by atoms with Gasteiger partial charge in [0, 0.05) is 30.8 Å². The first-order valence-corrected chi connectivity index (χ1v) is 11.3. The van der Waals surface area contributed by atoms with E-state index in [1.807, 2.05) is 0 Å². The van der Waals surface area contributed by atoms with E-state index < -0.39 is 15.4 Å². The van der Waals surface area contributed by atoms with Crippen LogP contribution in [0.5, 0.6) is 11.8 Å². The van der Waals surface area contributed by atoms with Gasteiger partial charge in [0.05, 0.1) is 19.4 Å². The summed E-state index contributed by atoms with van der Waals surface area (Å²) < 4.78 is 38.8.